The molecule has 2 rings (SSSR count). The van der Waals surface area contributed by atoms with Gasteiger partial charge in [-0.2, -0.15) is 0 Å². The molecule has 0 bridgehead atoms. The average Bonchev–Trinajstić information content (AvgIpc) is 2.30. The SMILES string of the molecule is OC1CCC(CNc2ccc(Cl)cn2)CC1. The van der Waals surface area contributed by atoms with Crippen molar-refractivity contribution in [3.8, 4) is 0 Å². The molecule has 0 atom stereocenters. The highest BCUT2D eigenvalue weighted by molar-refractivity contribution is 6.30. The molecule has 16 heavy (non-hydrogen) atoms. The Hall–Kier alpha value is -0.800. The lowest BCUT2D eigenvalue weighted by atomic mass is 9.87. The second kappa shape index (κ2) is 5.51. The van der Waals surface area contributed by atoms with Gasteiger partial charge in [0.2, 0.25) is 0 Å². The van der Waals surface area contributed by atoms with E-state index < -0.39 is 0 Å². The zero-order valence-corrected chi connectivity index (χ0v) is 9.95. The van der Waals surface area contributed by atoms with Gasteiger partial charge < -0.3 is 10.4 Å². The molecule has 0 radical (unpaired) electrons. The van der Waals surface area contributed by atoms with Crippen LogP contribution in [0.25, 0.3) is 0 Å². The molecular weight excluding hydrogens is 224 g/mol. The van der Waals surface area contributed by atoms with E-state index in [9.17, 15) is 5.11 Å². The number of nitrogens with zero attached hydrogens (tertiary/aromatic N) is 1. The second-order valence-corrected chi connectivity index (χ2v) is 4.85. The van der Waals surface area contributed by atoms with E-state index >= 15 is 0 Å². The van der Waals surface area contributed by atoms with Gasteiger partial charge in [-0.3, -0.25) is 0 Å². The number of aromatic nitrogens is 1. The van der Waals surface area contributed by atoms with E-state index in [0.29, 0.717) is 10.9 Å². The number of anilines is 1. The minimum absolute atomic E-state index is 0.0788. The number of halogens is 1. The van der Waals surface area contributed by atoms with E-state index in [1.807, 2.05) is 12.1 Å². The molecule has 1 fully saturated rings. The quantitative estimate of drug-likeness (QED) is 0.854. The van der Waals surface area contributed by atoms with Gasteiger partial charge in [0.1, 0.15) is 5.82 Å². The minimum atomic E-state index is -0.0788. The molecule has 1 aromatic rings. The highest BCUT2D eigenvalue weighted by Gasteiger charge is 2.18. The highest BCUT2D eigenvalue weighted by Crippen LogP contribution is 2.24. The molecule has 0 spiro atoms. The number of pyridine rings is 1. The lowest BCUT2D eigenvalue weighted by molar-refractivity contribution is 0.111. The third-order valence-electron chi connectivity index (χ3n) is 3.12. The number of hydrogen-bond donors (Lipinski definition) is 2. The average molecular weight is 241 g/mol. The summed E-state index contributed by atoms with van der Waals surface area (Å²) in [6.07, 6.45) is 5.63. The van der Waals surface area contributed by atoms with Crippen molar-refractivity contribution < 1.29 is 5.11 Å². The van der Waals surface area contributed by atoms with Gasteiger partial charge in [-0.25, -0.2) is 4.98 Å². The van der Waals surface area contributed by atoms with E-state index in [1.165, 1.54) is 0 Å². The normalized spacial score (nSPS) is 25.4. The van der Waals surface area contributed by atoms with Crippen LogP contribution in [0.15, 0.2) is 18.3 Å². The Morgan fingerprint density at radius 3 is 2.69 bits per heavy atom. The largest absolute Gasteiger partial charge is 0.393 e. The zero-order valence-electron chi connectivity index (χ0n) is 9.19. The van der Waals surface area contributed by atoms with Crippen LogP contribution in [-0.2, 0) is 0 Å². The maximum Gasteiger partial charge on any atom is 0.125 e. The van der Waals surface area contributed by atoms with E-state index in [1.54, 1.807) is 6.20 Å². The summed E-state index contributed by atoms with van der Waals surface area (Å²) >= 11 is 5.76. The molecule has 0 aromatic carbocycles. The van der Waals surface area contributed by atoms with Crippen LogP contribution in [0.1, 0.15) is 25.7 Å². The molecule has 0 saturated heterocycles. The Balaban J connectivity index is 1.77. The molecule has 3 nitrogen and oxygen atoms in total. The first-order valence-electron chi connectivity index (χ1n) is 5.77. The fourth-order valence-electron chi connectivity index (χ4n) is 2.08. The fraction of sp³-hybridized carbons (Fsp3) is 0.583. The molecule has 0 aliphatic heterocycles. The molecule has 2 N–H and O–H groups in total. The molecule has 88 valence electrons. The smallest absolute Gasteiger partial charge is 0.125 e. The van der Waals surface area contributed by atoms with Gasteiger partial charge in [0.15, 0.2) is 0 Å². The topological polar surface area (TPSA) is 45.1 Å². The van der Waals surface area contributed by atoms with Crippen LogP contribution < -0.4 is 5.32 Å². The predicted molar refractivity (Wildman–Crippen MR) is 65.7 cm³/mol. The first-order chi connectivity index (χ1) is 7.74. The van der Waals surface area contributed by atoms with Gasteiger partial charge in [-0.05, 0) is 43.7 Å². The number of aliphatic hydroxyl groups excluding tert-OH is 1. The number of rotatable bonds is 3. The van der Waals surface area contributed by atoms with Gasteiger partial charge >= 0.3 is 0 Å². The van der Waals surface area contributed by atoms with Crippen molar-refractivity contribution in [3.05, 3.63) is 23.4 Å². The van der Waals surface area contributed by atoms with E-state index in [4.69, 9.17) is 11.6 Å². The maximum absolute atomic E-state index is 9.40. The Bertz CT molecular complexity index is 320. The standard InChI is InChI=1S/C12H17ClN2O/c13-10-3-6-12(15-8-10)14-7-9-1-4-11(16)5-2-9/h3,6,8-9,11,16H,1-2,4-5,7H2,(H,14,15). The Kier molecular flexibility index (Phi) is 4.02. The molecule has 0 amide bonds. The van der Waals surface area contributed by atoms with Crippen molar-refractivity contribution in [1.29, 1.82) is 0 Å². The summed E-state index contributed by atoms with van der Waals surface area (Å²) in [4.78, 5) is 4.19. The summed E-state index contributed by atoms with van der Waals surface area (Å²) < 4.78 is 0. The molecule has 1 aliphatic carbocycles. The van der Waals surface area contributed by atoms with Crippen molar-refractivity contribution in [2.24, 2.45) is 5.92 Å². The molecule has 0 unspecified atom stereocenters. The van der Waals surface area contributed by atoms with Crippen LogP contribution in [0.2, 0.25) is 5.02 Å². The van der Waals surface area contributed by atoms with Gasteiger partial charge in [-0.15, -0.1) is 0 Å². The monoisotopic (exact) mass is 240 g/mol. The summed E-state index contributed by atoms with van der Waals surface area (Å²) in [6, 6.07) is 3.72. The van der Waals surface area contributed by atoms with Crippen molar-refractivity contribution in [1.82, 2.24) is 4.98 Å². The lowest BCUT2D eigenvalue weighted by Gasteiger charge is -2.25. The Labute approximate surface area is 101 Å². The van der Waals surface area contributed by atoms with Crippen LogP contribution in [0.4, 0.5) is 5.82 Å². The van der Waals surface area contributed by atoms with Crippen LogP contribution in [0, 0.1) is 5.92 Å². The fourth-order valence-corrected chi connectivity index (χ4v) is 2.19. The van der Waals surface area contributed by atoms with Crippen LogP contribution in [0.3, 0.4) is 0 Å². The summed E-state index contributed by atoms with van der Waals surface area (Å²) in [5, 5.41) is 13.4. The summed E-state index contributed by atoms with van der Waals surface area (Å²) in [6.45, 7) is 0.932. The lowest BCUT2D eigenvalue weighted by Crippen LogP contribution is -2.23. The number of nitrogens with one attached hydrogen (secondary N) is 1. The van der Waals surface area contributed by atoms with Crippen LogP contribution >= 0.6 is 11.6 Å². The third kappa shape index (κ3) is 3.35. The number of hydrogen-bond acceptors (Lipinski definition) is 3. The second-order valence-electron chi connectivity index (χ2n) is 4.42. The first-order valence-corrected chi connectivity index (χ1v) is 6.15. The Morgan fingerprint density at radius 1 is 1.31 bits per heavy atom. The molecule has 1 aliphatic rings. The minimum Gasteiger partial charge on any atom is -0.393 e. The van der Waals surface area contributed by atoms with Gasteiger partial charge in [0.25, 0.3) is 0 Å². The number of aliphatic hydroxyl groups is 1. The van der Waals surface area contributed by atoms with Crippen molar-refractivity contribution in [2.45, 2.75) is 31.8 Å². The van der Waals surface area contributed by atoms with Gasteiger partial charge in [0, 0.05) is 12.7 Å². The molecule has 1 aromatic heterocycles. The van der Waals surface area contributed by atoms with E-state index in [0.717, 1.165) is 38.0 Å². The van der Waals surface area contributed by atoms with Crippen LogP contribution in [0.5, 0.6) is 0 Å². The summed E-state index contributed by atoms with van der Waals surface area (Å²) in [7, 11) is 0. The van der Waals surface area contributed by atoms with Crippen molar-refractivity contribution in [3.63, 3.8) is 0 Å². The van der Waals surface area contributed by atoms with Crippen LogP contribution in [-0.4, -0.2) is 22.7 Å². The van der Waals surface area contributed by atoms with Gasteiger partial charge in [0.05, 0.1) is 11.1 Å². The zero-order chi connectivity index (χ0) is 11.4. The van der Waals surface area contributed by atoms with E-state index in [2.05, 4.69) is 10.3 Å². The molecule has 4 heteroatoms. The molecule has 1 saturated carbocycles. The third-order valence-corrected chi connectivity index (χ3v) is 3.34. The first kappa shape index (κ1) is 11.7. The highest BCUT2D eigenvalue weighted by atomic mass is 35.5. The van der Waals surface area contributed by atoms with E-state index in [-0.39, 0.29) is 6.10 Å². The van der Waals surface area contributed by atoms with Crippen molar-refractivity contribution >= 4 is 17.4 Å². The van der Waals surface area contributed by atoms with Crippen molar-refractivity contribution in [2.75, 3.05) is 11.9 Å². The Morgan fingerprint density at radius 2 is 2.06 bits per heavy atom. The summed E-state index contributed by atoms with van der Waals surface area (Å²) in [5.41, 5.74) is 0. The maximum atomic E-state index is 9.40. The molecular formula is C12H17ClN2O. The molecule has 1 heterocycles. The predicted octanol–water partition coefficient (Wildman–Crippen LogP) is 2.70. The van der Waals surface area contributed by atoms with Gasteiger partial charge in [-0.1, -0.05) is 11.6 Å². The summed E-state index contributed by atoms with van der Waals surface area (Å²) in [5.74, 6) is 1.52.